The molecule has 2 aromatic rings. The summed E-state index contributed by atoms with van der Waals surface area (Å²) in [5.41, 5.74) is 2.17. The maximum absolute atomic E-state index is 13.2. The predicted octanol–water partition coefficient (Wildman–Crippen LogP) is 3.11. The molecular weight excluding hydrogens is 364 g/mol. The number of benzene rings is 2. The maximum atomic E-state index is 13.2. The first-order chi connectivity index (χ1) is 12.9. The molecule has 144 valence electrons. The summed E-state index contributed by atoms with van der Waals surface area (Å²) in [5, 5.41) is 2.75. The van der Waals surface area contributed by atoms with E-state index in [0.29, 0.717) is 30.8 Å². The van der Waals surface area contributed by atoms with Crippen molar-refractivity contribution in [2.45, 2.75) is 31.3 Å². The molecule has 0 aromatic heterocycles. The molecule has 7 heteroatoms. The minimum Gasteiger partial charge on any atom is -0.371 e. The summed E-state index contributed by atoms with van der Waals surface area (Å²) in [7, 11) is -3.64. The molecule has 0 spiro atoms. The van der Waals surface area contributed by atoms with Crippen LogP contribution in [0.3, 0.4) is 0 Å². The van der Waals surface area contributed by atoms with E-state index in [1.165, 1.54) is 4.31 Å². The van der Waals surface area contributed by atoms with Crippen LogP contribution in [0.15, 0.2) is 53.4 Å². The Morgan fingerprint density at radius 2 is 1.96 bits per heavy atom. The number of hydrogen-bond donors (Lipinski definition) is 1. The van der Waals surface area contributed by atoms with Gasteiger partial charge in [0.15, 0.2) is 0 Å². The van der Waals surface area contributed by atoms with Gasteiger partial charge in [0.05, 0.1) is 17.6 Å². The highest BCUT2D eigenvalue weighted by atomic mass is 32.2. The third-order valence-electron chi connectivity index (χ3n) is 4.60. The highest BCUT2D eigenvalue weighted by molar-refractivity contribution is 7.89. The van der Waals surface area contributed by atoms with Crippen molar-refractivity contribution in [2.24, 2.45) is 0 Å². The summed E-state index contributed by atoms with van der Waals surface area (Å²) in [4.78, 5) is 11.8. The van der Waals surface area contributed by atoms with Gasteiger partial charge in [0.1, 0.15) is 0 Å². The van der Waals surface area contributed by atoms with Crippen molar-refractivity contribution in [1.29, 1.82) is 0 Å². The van der Waals surface area contributed by atoms with E-state index in [1.54, 1.807) is 32.0 Å². The fourth-order valence-electron chi connectivity index (χ4n) is 3.12. The molecule has 1 atom stereocenters. The fourth-order valence-corrected chi connectivity index (χ4v) is 4.75. The van der Waals surface area contributed by atoms with Crippen LogP contribution in [0.2, 0.25) is 0 Å². The average Bonchev–Trinajstić information content (AvgIpc) is 2.68. The van der Waals surface area contributed by atoms with Crippen LogP contribution < -0.4 is 5.32 Å². The lowest BCUT2D eigenvalue weighted by molar-refractivity contribution is -0.115. The molecule has 1 aliphatic rings. The van der Waals surface area contributed by atoms with Gasteiger partial charge >= 0.3 is 0 Å². The highest BCUT2D eigenvalue weighted by Gasteiger charge is 2.32. The first kappa shape index (κ1) is 19.5. The van der Waals surface area contributed by atoms with Crippen LogP contribution in [0.25, 0.3) is 0 Å². The Balaban J connectivity index is 1.82. The van der Waals surface area contributed by atoms with Gasteiger partial charge in [-0.3, -0.25) is 4.79 Å². The van der Waals surface area contributed by atoms with Crippen LogP contribution in [0.5, 0.6) is 0 Å². The van der Waals surface area contributed by atoms with Gasteiger partial charge in [-0.1, -0.05) is 37.3 Å². The van der Waals surface area contributed by atoms with Gasteiger partial charge in [0.2, 0.25) is 15.9 Å². The number of carbonyl (C=O) groups is 1. The van der Waals surface area contributed by atoms with Crippen LogP contribution in [0.1, 0.15) is 30.6 Å². The van der Waals surface area contributed by atoms with Crippen LogP contribution in [0.4, 0.5) is 5.69 Å². The third-order valence-corrected chi connectivity index (χ3v) is 6.62. The summed E-state index contributed by atoms with van der Waals surface area (Å²) in [5.74, 6) is -0.108. The zero-order valence-electron chi connectivity index (χ0n) is 15.5. The number of carbonyl (C=O) groups excluding carboxylic acids is 1. The second-order valence-electron chi connectivity index (χ2n) is 6.52. The fraction of sp³-hybridized carbons (Fsp3) is 0.350. The van der Waals surface area contributed by atoms with Crippen molar-refractivity contribution < 1.29 is 17.9 Å². The zero-order valence-corrected chi connectivity index (χ0v) is 16.3. The number of ether oxygens (including phenoxy) is 1. The topological polar surface area (TPSA) is 75.7 Å². The molecule has 1 heterocycles. The molecule has 1 amide bonds. The molecule has 0 radical (unpaired) electrons. The Labute approximate surface area is 160 Å². The van der Waals surface area contributed by atoms with Crippen molar-refractivity contribution >= 4 is 21.6 Å². The van der Waals surface area contributed by atoms with Gasteiger partial charge in [0.25, 0.3) is 0 Å². The summed E-state index contributed by atoms with van der Waals surface area (Å²) in [6, 6.07) is 14.5. The van der Waals surface area contributed by atoms with Gasteiger partial charge in [0, 0.05) is 25.2 Å². The lowest BCUT2D eigenvalue weighted by atomic mass is 10.1. The number of amides is 1. The van der Waals surface area contributed by atoms with E-state index in [0.717, 1.165) is 5.56 Å². The van der Waals surface area contributed by atoms with Gasteiger partial charge in [-0.2, -0.15) is 4.31 Å². The Morgan fingerprint density at radius 1 is 1.22 bits per heavy atom. The van der Waals surface area contributed by atoms with E-state index in [2.05, 4.69) is 5.32 Å². The Hall–Kier alpha value is -2.22. The number of morpholine rings is 1. The largest absolute Gasteiger partial charge is 0.371 e. The molecule has 1 unspecified atom stereocenters. The minimum atomic E-state index is -3.64. The van der Waals surface area contributed by atoms with Crippen molar-refractivity contribution in [3.63, 3.8) is 0 Å². The van der Waals surface area contributed by atoms with Crippen molar-refractivity contribution in [3.05, 3.63) is 59.7 Å². The molecule has 3 rings (SSSR count). The van der Waals surface area contributed by atoms with E-state index in [-0.39, 0.29) is 23.5 Å². The van der Waals surface area contributed by atoms with Crippen LogP contribution in [-0.4, -0.2) is 38.3 Å². The second kappa shape index (κ2) is 8.21. The molecule has 1 fully saturated rings. The average molecular weight is 388 g/mol. The lowest BCUT2D eigenvalue weighted by Gasteiger charge is -2.32. The van der Waals surface area contributed by atoms with Gasteiger partial charge in [-0.25, -0.2) is 8.42 Å². The SMILES string of the molecule is CCC(=O)Nc1ccc(S(=O)(=O)N2CCOC(c3ccccc3)C2)c(C)c1. The first-order valence-electron chi connectivity index (χ1n) is 8.99. The quantitative estimate of drug-likeness (QED) is 0.854. The first-order valence-corrected chi connectivity index (χ1v) is 10.4. The van der Waals surface area contributed by atoms with Crippen LogP contribution in [-0.2, 0) is 19.6 Å². The number of anilines is 1. The monoisotopic (exact) mass is 388 g/mol. The van der Waals surface area contributed by atoms with Gasteiger partial charge in [-0.05, 0) is 36.2 Å². The number of nitrogens with one attached hydrogen (secondary N) is 1. The van der Waals surface area contributed by atoms with E-state index >= 15 is 0 Å². The van der Waals surface area contributed by atoms with Gasteiger partial charge in [-0.15, -0.1) is 0 Å². The minimum absolute atomic E-state index is 0.108. The molecule has 2 aromatic carbocycles. The van der Waals surface area contributed by atoms with E-state index in [1.807, 2.05) is 30.3 Å². The van der Waals surface area contributed by atoms with Crippen molar-refractivity contribution in [2.75, 3.05) is 25.0 Å². The molecule has 1 N–H and O–H groups in total. The Kier molecular flexibility index (Phi) is 5.94. The molecule has 1 aliphatic heterocycles. The number of hydrogen-bond acceptors (Lipinski definition) is 4. The molecule has 0 aliphatic carbocycles. The molecule has 0 saturated carbocycles. The molecule has 27 heavy (non-hydrogen) atoms. The Morgan fingerprint density at radius 3 is 2.63 bits per heavy atom. The van der Waals surface area contributed by atoms with E-state index in [9.17, 15) is 13.2 Å². The molecular formula is C20H24N2O4S. The normalized spacial score (nSPS) is 18.2. The summed E-state index contributed by atoms with van der Waals surface area (Å²) >= 11 is 0. The Bertz CT molecular complexity index is 913. The summed E-state index contributed by atoms with van der Waals surface area (Å²) < 4.78 is 33.6. The number of rotatable bonds is 5. The van der Waals surface area contributed by atoms with Gasteiger partial charge < -0.3 is 10.1 Å². The predicted molar refractivity (Wildman–Crippen MR) is 104 cm³/mol. The lowest BCUT2D eigenvalue weighted by Crippen LogP contribution is -2.42. The second-order valence-corrected chi connectivity index (χ2v) is 8.42. The summed E-state index contributed by atoms with van der Waals surface area (Å²) in [6.07, 6.45) is 0.0893. The smallest absolute Gasteiger partial charge is 0.243 e. The van der Waals surface area contributed by atoms with Crippen LogP contribution in [0, 0.1) is 6.92 Å². The third kappa shape index (κ3) is 4.37. The molecule has 1 saturated heterocycles. The van der Waals surface area contributed by atoms with Crippen molar-refractivity contribution in [1.82, 2.24) is 4.31 Å². The van der Waals surface area contributed by atoms with Crippen LogP contribution >= 0.6 is 0 Å². The highest BCUT2D eigenvalue weighted by Crippen LogP contribution is 2.28. The van der Waals surface area contributed by atoms with Crippen molar-refractivity contribution in [3.8, 4) is 0 Å². The van der Waals surface area contributed by atoms with E-state index in [4.69, 9.17) is 4.74 Å². The van der Waals surface area contributed by atoms with E-state index < -0.39 is 10.0 Å². The maximum Gasteiger partial charge on any atom is 0.243 e. The standard InChI is InChI=1S/C20H24N2O4S/c1-3-20(23)21-17-9-10-19(15(2)13-17)27(24,25)22-11-12-26-18(14-22)16-7-5-4-6-8-16/h4-10,13,18H,3,11-12,14H2,1-2H3,(H,21,23). The number of nitrogens with zero attached hydrogens (tertiary/aromatic N) is 1. The summed E-state index contributed by atoms with van der Waals surface area (Å²) in [6.45, 7) is 4.45. The number of aryl methyl sites for hydroxylation is 1. The zero-order chi connectivity index (χ0) is 19.4. The molecule has 0 bridgehead atoms. The molecule has 6 nitrogen and oxygen atoms in total. The number of sulfonamides is 1.